The first-order valence-electron chi connectivity index (χ1n) is 7.57. The molecule has 5 nitrogen and oxygen atoms in total. The van der Waals surface area contributed by atoms with Crippen molar-refractivity contribution < 1.29 is 17.9 Å². The first-order valence-corrected chi connectivity index (χ1v) is 9.05. The van der Waals surface area contributed by atoms with E-state index in [1.807, 2.05) is 6.07 Å². The lowest BCUT2D eigenvalue weighted by Gasteiger charge is -2.21. The van der Waals surface area contributed by atoms with E-state index in [9.17, 15) is 13.2 Å². The number of carbonyl (C=O) groups is 1. The molecule has 0 amide bonds. The van der Waals surface area contributed by atoms with Gasteiger partial charge in [0.05, 0.1) is 12.0 Å². The van der Waals surface area contributed by atoms with Gasteiger partial charge in [-0.1, -0.05) is 19.9 Å². The van der Waals surface area contributed by atoms with E-state index < -0.39 is 22.0 Å². The first kappa shape index (κ1) is 17.0. The van der Waals surface area contributed by atoms with Gasteiger partial charge in [-0.2, -0.15) is 4.72 Å². The normalized spacial score (nSPS) is 16.2. The van der Waals surface area contributed by atoms with Crippen molar-refractivity contribution in [2.45, 2.75) is 50.5 Å². The molecule has 122 valence electrons. The van der Waals surface area contributed by atoms with Crippen molar-refractivity contribution in [2.75, 3.05) is 7.11 Å². The van der Waals surface area contributed by atoms with Gasteiger partial charge in [0.15, 0.2) is 0 Å². The number of methoxy groups -OCH3 is 1. The summed E-state index contributed by atoms with van der Waals surface area (Å²) in [7, 11) is -2.49. The number of rotatable bonds is 5. The summed E-state index contributed by atoms with van der Waals surface area (Å²) < 4.78 is 32.2. The van der Waals surface area contributed by atoms with Crippen LogP contribution < -0.4 is 4.72 Å². The minimum absolute atomic E-state index is 0.195. The van der Waals surface area contributed by atoms with E-state index in [0.717, 1.165) is 31.2 Å². The Hall–Kier alpha value is -1.40. The zero-order chi connectivity index (χ0) is 16.3. The molecule has 0 bridgehead atoms. The smallest absolute Gasteiger partial charge is 0.324 e. The summed E-state index contributed by atoms with van der Waals surface area (Å²) in [5, 5.41) is 0. The molecule has 2 rings (SSSR count). The van der Waals surface area contributed by atoms with Gasteiger partial charge in [-0.15, -0.1) is 0 Å². The average molecular weight is 325 g/mol. The predicted octanol–water partition coefficient (Wildman–Crippen LogP) is 2.04. The molecule has 0 aromatic heterocycles. The lowest BCUT2D eigenvalue weighted by molar-refractivity contribution is -0.143. The number of sulfonamides is 1. The number of esters is 1. The van der Waals surface area contributed by atoms with Gasteiger partial charge in [-0.3, -0.25) is 4.79 Å². The number of aryl methyl sites for hydroxylation is 2. The minimum Gasteiger partial charge on any atom is -0.468 e. The van der Waals surface area contributed by atoms with Crippen LogP contribution in [-0.4, -0.2) is 27.5 Å². The topological polar surface area (TPSA) is 72.5 Å². The molecule has 0 aliphatic heterocycles. The van der Waals surface area contributed by atoms with Crippen molar-refractivity contribution in [3.05, 3.63) is 29.3 Å². The second-order valence-corrected chi connectivity index (χ2v) is 7.72. The monoisotopic (exact) mass is 325 g/mol. The van der Waals surface area contributed by atoms with Crippen molar-refractivity contribution in [1.29, 1.82) is 0 Å². The van der Waals surface area contributed by atoms with E-state index in [0.29, 0.717) is 0 Å². The molecule has 0 saturated heterocycles. The van der Waals surface area contributed by atoms with Crippen molar-refractivity contribution >= 4 is 16.0 Å². The zero-order valence-electron chi connectivity index (χ0n) is 13.3. The summed E-state index contributed by atoms with van der Waals surface area (Å²) in [4.78, 5) is 12.0. The molecule has 1 N–H and O–H groups in total. The lowest BCUT2D eigenvalue weighted by Crippen LogP contribution is -2.44. The van der Waals surface area contributed by atoms with Crippen LogP contribution in [0.25, 0.3) is 0 Å². The first-order chi connectivity index (χ1) is 10.3. The highest BCUT2D eigenvalue weighted by Gasteiger charge is 2.29. The quantitative estimate of drug-likeness (QED) is 0.841. The van der Waals surface area contributed by atoms with E-state index in [2.05, 4.69) is 9.46 Å². The van der Waals surface area contributed by atoms with E-state index >= 15 is 0 Å². The molecule has 6 heteroatoms. The van der Waals surface area contributed by atoms with Gasteiger partial charge in [-0.25, -0.2) is 8.42 Å². The van der Waals surface area contributed by atoms with Crippen LogP contribution in [0.3, 0.4) is 0 Å². The summed E-state index contributed by atoms with van der Waals surface area (Å²) in [6, 6.07) is 4.34. The number of nitrogens with one attached hydrogen (secondary N) is 1. The zero-order valence-corrected chi connectivity index (χ0v) is 14.1. The second kappa shape index (κ2) is 6.79. The van der Waals surface area contributed by atoms with Crippen LogP contribution in [0.1, 0.15) is 37.8 Å². The molecule has 1 aliphatic rings. The Bertz CT molecular complexity index is 652. The van der Waals surface area contributed by atoms with Crippen molar-refractivity contribution in [3.8, 4) is 0 Å². The highest BCUT2D eigenvalue weighted by atomic mass is 32.2. The summed E-state index contributed by atoms with van der Waals surface area (Å²) >= 11 is 0. The lowest BCUT2D eigenvalue weighted by atomic mass is 9.92. The third-order valence-corrected chi connectivity index (χ3v) is 5.47. The largest absolute Gasteiger partial charge is 0.468 e. The molecule has 0 spiro atoms. The van der Waals surface area contributed by atoms with E-state index in [1.165, 1.54) is 12.7 Å². The van der Waals surface area contributed by atoms with Crippen LogP contribution in [0.15, 0.2) is 23.1 Å². The fourth-order valence-electron chi connectivity index (χ4n) is 2.70. The second-order valence-electron chi connectivity index (χ2n) is 6.00. The number of ether oxygens (including phenoxy) is 1. The number of benzene rings is 1. The van der Waals surface area contributed by atoms with Crippen molar-refractivity contribution in [1.82, 2.24) is 4.72 Å². The molecular formula is C16H23NO4S. The fraction of sp³-hybridized carbons (Fsp3) is 0.562. The van der Waals surface area contributed by atoms with Crippen molar-refractivity contribution in [2.24, 2.45) is 5.92 Å². The SMILES string of the molecule is COC(=O)C(NS(=O)(=O)c1ccc2c(c1)CCCC2)C(C)C. The number of fused-ring (bicyclic) bond motifs is 1. The molecule has 1 atom stereocenters. The molecular weight excluding hydrogens is 302 g/mol. The Morgan fingerprint density at radius 1 is 1.18 bits per heavy atom. The number of carbonyl (C=O) groups excluding carboxylic acids is 1. The van der Waals surface area contributed by atoms with Crippen LogP contribution in [0.5, 0.6) is 0 Å². The van der Waals surface area contributed by atoms with Gasteiger partial charge in [0, 0.05) is 0 Å². The molecule has 22 heavy (non-hydrogen) atoms. The van der Waals surface area contributed by atoms with Crippen molar-refractivity contribution in [3.63, 3.8) is 0 Å². The Morgan fingerprint density at radius 2 is 1.82 bits per heavy atom. The molecule has 0 fully saturated rings. The Labute approximate surface area is 132 Å². The average Bonchev–Trinajstić information content (AvgIpc) is 2.51. The number of hydrogen-bond donors (Lipinski definition) is 1. The Balaban J connectivity index is 2.28. The van der Waals surface area contributed by atoms with Crippen LogP contribution in [0.4, 0.5) is 0 Å². The Morgan fingerprint density at radius 3 is 2.41 bits per heavy atom. The Kier molecular flexibility index (Phi) is 5.24. The van der Waals surface area contributed by atoms with Gasteiger partial charge < -0.3 is 4.74 Å². The van der Waals surface area contributed by atoms with Crippen LogP contribution in [0, 0.1) is 5.92 Å². The maximum atomic E-state index is 12.5. The fourth-order valence-corrected chi connectivity index (χ4v) is 4.08. The molecule has 0 radical (unpaired) electrons. The van der Waals surface area contributed by atoms with Gasteiger partial charge >= 0.3 is 5.97 Å². The molecule has 1 aromatic rings. The molecule has 1 aliphatic carbocycles. The van der Waals surface area contributed by atoms with E-state index in [1.54, 1.807) is 26.0 Å². The third-order valence-electron chi connectivity index (χ3n) is 4.03. The predicted molar refractivity (Wildman–Crippen MR) is 84.0 cm³/mol. The maximum Gasteiger partial charge on any atom is 0.324 e. The van der Waals surface area contributed by atoms with Gasteiger partial charge in [0.1, 0.15) is 6.04 Å². The van der Waals surface area contributed by atoms with E-state index in [4.69, 9.17) is 0 Å². The highest BCUT2D eigenvalue weighted by Crippen LogP contribution is 2.24. The summed E-state index contributed by atoms with van der Waals surface area (Å²) in [6.45, 7) is 3.55. The molecule has 1 unspecified atom stereocenters. The van der Waals surface area contributed by atoms with Crippen LogP contribution >= 0.6 is 0 Å². The third kappa shape index (κ3) is 3.67. The van der Waals surface area contributed by atoms with Crippen LogP contribution in [-0.2, 0) is 32.4 Å². The summed E-state index contributed by atoms with van der Waals surface area (Å²) in [5.41, 5.74) is 2.31. The van der Waals surface area contributed by atoms with Crippen LogP contribution in [0.2, 0.25) is 0 Å². The molecule has 1 aromatic carbocycles. The summed E-state index contributed by atoms with van der Waals surface area (Å²) in [6.07, 6.45) is 4.14. The molecule has 0 heterocycles. The standard InChI is InChI=1S/C16H23NO4S/c1-11(2)15(16(18)21-3)17-22(19,20)14-9-8-12-6-4-5-7-13(12)10-14/h8-11,15,17H,4-7H2,1-3H3. The summed E-state index contributed by atoms with van der Waals surface area (Å²) in [5.74, 6) is -0.767. The van der Waals surface area contributed by atoms with E-state index in [-0.39, 0.29) is 10.8 Å². The number of hydrogen-bond acceptors (Lipinski definition) is 4. The molecule has 0 saturated carbocycles. The maximum absolute atomic E-state index is 12.5. The van der Waals surface area contributed by atoms with Gasteiger partial charge in [0.25, 0.3) is 0 Å². The highest BCUT2D eigenvalue weighted by molar-refractivity contribution is 7.89. The minimum atomic E-state index is -3.74. The van der Waals surface area contributed by atoms with Gasteiger partial charge in [-0.05, 0) is 54.9 Å². The van der Waals surface area contributed by atoms with Gasteiger partial charge in [0.2, 0.25) is 10.0 Å².